The van der Waals surface area contributed by atoms with Crippen LogP contribution in [0.1, 0.15) is 56.2 Å². The van der Waals surface area contributed by atoms with Crippen molar-refractivity contribution in [2.45, 2.75) is 106 Å². The number of nitrogens with two attached hydrogens (primary N) is 3. The quantitative estimate of drug-likeness (QED) is 0.0337. The molecule has 16 N–H and O–H groups in total. The molecule has 14 atom stereocenters. The van der Waals surface area contributed by atoms with Gasteiger partial charge in [0.05, 0.1) is 51.3 Å². The van der Waals surface area contributed by atoms with E-state index in [2.05, 4.69) is 48.9 Å². The summed E-state index contributed by atoms with van der Waals surface area (Å²) in [5.74, 6) is -0.0634. The zero-order valence-electron chi connectivity index (χ0n) is 43.0. The monoisotopic (exact) mass is 1270 g/mol. The van der Waals surface area contributed by atoms with Crippen molar-refractivity contribution in [2.24, 2.45) is 0 Å². The van der Waals surface area contributed by atoms with Crippen LogP contribution in [0.25, 0.3) is 22.3 Å². The Morgan fingerprint density at radius 1 is 0.595 bits per heavy atom. The largest absolute Gasteiger partial charge is 0.472 e. The maximum absolute atomic E-state index is 13.0. The molecule has 10 rings (SSSR count). The number of aromatic nitrogens is 12. The number of ether oxygens (including phenoxy) is 4. The van der Waals surface area contributed by atoms with Gasteiger partial charge in [-0.1, -0.05) is 0 Å². The molecular weight excluding hydrogens is 1220 g/mol. The molecule has 4 aliphatic heterocycles. The molecular formula is C39H53N15O26P4. The molecule has 4 saturated heterocycles. The van der Waals surface area contributed by atoms with Crippen molar-refractivity contribution in [3.63, 3.8) is 0 Å². The number of nitrogen functional groups attached to an aromatic ring is 3. The Balaban J connectivity index is 0.000000203. The third-order valence-corrected chi connectivity index (χ3v) is 16.0. The second-order valence-corrected chi connectivity index (χ2v) is 24.2. The fourth-order valence-electron chi connectivity index (χ4n) is 9.10. The maximum atomic E-state index is 13.0. The molecule has 41 nitrogen and oxygen atoms in total. The summed E-state index contributed by atoms with van der Waals surface area (Å²) in [7, 11) is -19.8. The van der Waals surface area contributed by atoms with Crippen molar-refractivity contribution in [2.75, 3.05) is 43.6 Å². The van der Waals surface area contributed by atoms with Crippen molar-refractivity contribution in [3.05, 3.63) is 84.7 Å². The molecule has 45 heteroatoms. The highest BCUT2D eigenvalue weighted by atomic mass is 31.2. The van der Waals surface area contributed by atoms with Crippen molar-refractivity contribution >= 4 is 71.2 Å². The number of nitrogens with zero attached hydrogens (tertiary/aromatic N) is 10. The Morgan fingerprint density at radius 3 is 1.63 bits per heavy atom. The Bertz CT molecular complexity index is 3830. The lowest BCUT2D eigenvalue weighted by atomic mass is 10.2. The number of phosphoric acid groups is 4. The zero-order valence-corrected chi connectivity index (χ0v) is 46.5. The minimum absolute atomic E-state index is 0.0127. The van der Waals surface area contributed by atoms with Gasteiger partial charge >= 0.3 is 42.7 Å². The van der Waals surface area contributed by atoms with Gasteiger partial charge in [-0.05, 0) is 13.0 Å². The van der Waals surface area contributed by atoms with Crippen LogP contribution in [0, 0.1) is 6.92 Å². The van der Waals surface area contributed by atoms with Gasteiger partial charge < -0.3 is 75.7 Å². The summed E-state index contributed by atoms with van der Waals surface area (Å²) in [6.07, 6.45) is -7.89. The van der Waals surface area contributed by atoms with E-state index in [4.69, 9.17) is 64.0 Å². The Labute approximate surface area is 466 Å². The van der Waals surface area contributed by atoms with Crippen LogP contribution in [0.2, 0.25) is 0 Å². The van der Waals surface area contributed by atoms with Gasteiger partial charge in [-0.2, -0.15) is 9.97 Å². The van der Waals surface area contributed by atoms with Crippen LogP contribution in [0.15, 0.2) is 56.6 Å². The Hall–Kier alpha value is -5.94. The van der Waals surface area contributed by atoms with Crippen LogP contribution in [-0.4, -0.2) is 173 Å². The molecule has 6 aromatic heterocycles. The summed E-state index contributed by atoms with van der Waals surface area (Å²) in [6, 6.07) is 1.35. The number of anilines is 3. The summed E-state index contributed by atoms with van der Waals surface area (Å²) in [5.41, 5.74) is 14.9. The Morgan fingerprint density at radius 2 is 1.08 bits per heavy atom. The molecule has 6 aromatic rings. The normalized spacial score (nSPS) is 27.9. The first-order valence-electron chi connectivity index (χ1n) is 24.4. The van der Waals surface area contributed by atoms with Gasteiger partial charge in [-0.15, -0.1) is 0 Å². The van der Waals surface area contributed by atoms with Gasteiger partial charge in [-0.25, -0.2) is 47.8 Å². The summed E-state index contributed by atoms with van der Waals surface area (Å²) >= 11 is 0. The lowest BCUT2D eigenvalue weighted by Crippen LogP contribution is -2.33. The number of nitrogens with one attached hydrogen (secondary N) is 2. The van der Waals surface area contributed by atoms with Crippen LogP contribution in [0.5, 0.6) is 0 Å². The third kappa shape index (κ3) is 15.0. The molecule has 2 unspecified atom stereocenters. The van der Waals surface area contributed by atoms with Crippen molar-refractivity contribution in [1.82, 2.24) is 58.1 Å². The van der Waals surface area contributed by atoms with Gasteiger partial charge in [0.15, 0.2) is 22.6 Å². The molecule has 0 radical (unpaired) electrons. The molecule has 0 saturated carbocycles. The highest BCUT2D eigenvalue weighted by molar-refractivity contribution is 7.47. The van der Waals surface area contributed by atoms with Gasteiger partial charge in [-0.3, -0.25) is 65.0 Å². The highest BCUT2D eigenvalue weighted by Crippen LogP contribution is 2.52. The fourth-order valence-corrected chi connectivity index (χ4v) is 11.7. The number of phosphoric ester groups is 4. The van der Waals surface area contributed by atoms with E-state index >= 15 is 0 Å². The Kier molecular flexibility index (Phi) is 18.5. The molecule has 0 aliphatic carbocycles. The first-order chi connectivity index (χ1) is 39.4. The van der Waals surface area contributed by atoms with E-state index in [1.807, 2.05) is 0 Å². The molecule has 4 fully saturated rings. The number of aryl methyl sites for hydroxylation is 1. The maximum Gasteiger partial charge on any atom is 0.472 e. The van der Waals surface area contributed by atoms with Gasteiger partial charge in [0, 0.05) is 43.6 Å². The van der Waals surface area contributed by atoms with E-state index in [0.29, 0.717) is 11.2 Å². The number of rotatable bonds is 20. The lowest BCUT2D eigenvalue weighted by Gasteiger charge is -2.22. The molecule has 0 bridgehead atoms. The van der Waals surface area contributed by atoms with Crippen LogP contribution in [0.3, 0.4) is 0 Å². The smallest absolute Gasteiger partial charge is 0.390 e. The first-order valence-corrected chi connectivity index (χ1v) is 30.5. The average molecular weight is 1270 g/mol. The average Bonchev–Trinajstić information content (AvgIpc) is 2.78. The summed E-state index contributed by atoms with van der Waals surface area (Å²) in [6.45, 7) is -1.34. The zero-order chi connectivity index (χ0) is 60.8. The number of hydrogen-bond donors (Lipinski definition) is 13. The standard InChI is InChI=1S/C20H26N10O12P2.C19H27N5O14P2/c21-16-14-17(24-5-23-16)29(6-25-14)12-1-8(31)10(40-12)3-39-44(36,37)42-9-2-13(41-11(9)4-38-43(33,34)35)30-7-26-15-18(30)27-20(22)28-19(15)32;1-9-6-24(19(28)22-17(9)26)16-5-11(13(37-16)8-34-39(29,30)31)38-40(32,33)35-7-12-10(25)4-15(36-12)23-3-2-14(20)21-18(23)27/h5-13,31H,1-4H2,(H,36,37)(H2,21,23,24)(H2,33,34,35)(H3,22,27,28,32);2-3,6,10-13,15-16,25H,4-5,7-8H2,1H3,(H,32,33)(H2,20,21,27)(H,22,26,28)(H2,29,30,31)/t8-,9-,10+,11+,12+,13-;10-,11-,12+,13+,15+,16-/m00/s1. The van der Waals surface area contributed by atoms with Gasteiger partial charge in [0.25, 0.3) is 11.1 Å². The number of imidazole rings is 2. The molecule has 460 valence electrons. The van der Waals surface area contributed by atoms with Gasteiger partial charge in [0.2, 0.25) is 5.95 Å². The predicted molar refractivity (Wildman–Crippen MR) is 275 cm³/mol. The second kappa shape index (κ2) is 24.8. The topological polar surface area (TPSA) is 597 Å². The summed E-state index contributed by atoms with van der Waals surface area (Å²) in [5, 5.41) is 20.9. The minimum Gasteiger partial charge on any atom is -0.390 e. The van der Waals surface area contributed by atoms with E-state index in [1.54, 1.807) is 0 Å². The first kappa shape index (κ1) is 62.6. The van der Waals surface area contributed by atoms with Gasteiger partial charge in [0.1, 0.15) is 79.2 Å². The van der Waals surface area contributed by atoms with Crippen LogP contribution >= 0.6 is 31.3 Å². The number of aliphatic hydroxyl groups is 2. The van der Waals surface area contributed by atoms with Crippen molar-refractivity contribution in [1.29, 1.82) is 0 Å². The lowest BCUT2D eigenvalue weighted by molar-refractivity contribution is -0.0570. The van der Waals surface area contributed by atoms with Crippen LogP contribution in [0.4, 0.5) is 17.6 Å². The number of hydrogen-bond acceptors (Lipinski definition) is 29. The van der Waals surface area contributed by atoms with E-state index in [-0.39, 0.29) is 60.0 Å². The molecule has 84 heavy (non-hydrogen) atoms. The minimum atomic E-state index is -4.98. The molecule has 0 spiro atoms. The van der Waals surface area contributed by atoms with Crippen molar-refractivity contribution < 1.29 is 104 Å². The number of H-pyrrole nitrogens is 2. The fraction of sp³-hybridized carbons (Fsp3) is 0.538. The molecule has 0 amide bonds. The third-order valence-electron chi connectivity index (χ3n) is 13.0. The molecule has 10 heterocycles. The second-order valence-electron chi connectivity index (χ2n) is 18.9. The van der Waals surface area contributed by atoms with Crippen LogP contribution < -0.4 is 39.7 Å². The number of aromatic amines is 2. The number of fused-ring (bicyclic) bond motifs is 2. The summed E-state index contributed by atoms with van der Waals surface area (Å²) < 4.78 is 106. The molecule has 0 aromatic carbocycles. The van der Waals surface area contributed by atoms with E-state index < -0.39 is 154 Å². The predicted octanol–water partition coefficient (Wildman–Crippen LogP) is -3.10. The van der Waals surface area contributed by atoms with Crippen molar-refractivity contribution in [3.8, 4) is 0 Å². The van der Waals surface area contributed by atoms with E-state index in [0.717, 1.165) is 9.13 Å². The van der Waals surface area contributed by atoms with Crippen LogP contribution in [-0.2, 0) is 64.4 Å². The molecule has 4 aliphatic rings. The van der Waals surface area contributed by atoms with E-state index in [9.17, 15) is 67.2 Å². The number of aliphatic hydroxyl groups excluding tert-OH is 2. The van der Waals surface area contributed by atoms with E-state index in [1.165, 1.54) is 53.5 Å². The SMILES string of the molecule is Cc1cn([C@@H]2C[C@H](OP(=O)(O)OC[C@H]3O[C@@H](n4ccc(N)nc4=O)C[C@@H]3O)[C@@H](COP(=O)(O)O)O2)c(=O)[nH]c1=O.Nc1nc2c(ncn2[C@@H]2C[C@H](OP(=O)(O)OC[C@H]3O[C@@H](n4cnc5c(N)ncnc54)C[C@@H]3O)[C@@H](COP(=O)(O)O)O2)c(=O)[nH]1. The highest BCUT2D eigenvalue weighted by Gasteiger charge is 2.47. The summed E-state index contributed by atoms with van der Waals surface area (Å²) in [4.78, 5) is 134.